The van der Waals surface area contributed by atoms with Crippen LogP contribution >= 0.6 is 11.8 Å². The number of tetrazole rings is 1. The monoisotopic (exact) mass is 286 g/mol. The summed E-state index contributed by atoms with van der Waals surface area (Å²) in [4.78, 5) is 1.13. The van der Waals surface area contributed by atoms with Crippen LogP contribution in [0.5, 0.6) is 0 Å². The number of benzene rings is 1. The number of nitrogens with one attached hydrogen (secondary N) is 2. The molecule has 1 aromatic heterocycles. The fourth-order valence-electron chi connectivity index (χ4n) is 1.52. The SMILES string of the molecule is CC(C)Sc1ccccc1NC=C(C#N)c1nn[nH]n1. The lowest BCUT2D eigenvalue weighted by atomic mass is 10.3. The zero-order valence-electron chi connectivity index (χ0n) is 11.2. The molecule has 102 valence electrons. The van der Waals surface area contributed by atoms with E-state index in [1.165, 1.54) is 0 Å². The Hall–Kier alpha value is -2.33. The first-order chi connectivity index (χ1) is 9.70. The molecule has 2 N–H and O–H groups in total. The second-order valence-corrected chi connectivity index (χ2v) is 5.83. The van der Waals surface area contributed by atoms with E-state index in [0.717, 1.165) is 10.6 Å². The molecular weight excluding hydrogens is 272 g/mol. The lowest BCUT2D eigenvalue weighted by molar-refractivity contribution is 0.881. The van der Waals surface area contributed by atoms with Gasteiger partial charge in [-0.15, -0.1) is 22.0 Å². The van der Waals surface area contributed by atoms with Crippen molar-refractivity contribution in [2.75, 3.05) is 5.32 Å². The molecule has 20 heavy (non-hydrogen) atoms. The van der Waals surface area contributed by atoms with Gasteiger partial charge < -0.3 is 5.32 Å². The van der Waals surface area contributed by atoms with Crippen LogP contribution < -0.4 is 5.32 Å². The van der Waals surface area contributed by atoms with Crippen molar-refractivity contribution in [1.29, 1.82) is 5.26 Å². The number of anilines is 1. The summed E-state index contributed by atoms with van der Waals surface area (Å²) in [7, 11) is 0. The van der Waals surface area contributed by atoms with Crippen LogP contribution in [0.1, 0.15) is 19.7 Å². The number of rotatable bonds is 5. The Morgan fingerprint density at radius 1 is 1.45 bits per heavy atom. The average molecular weight is 286 g/mol. The minimum Gasteiger partial charge on any atom is -0.359 e. The summed E-state index contributed by atoms with van der Waals surface area (Å²) < 4.78 is 0. The standard InChI is InChI=1S/C13H14N6S/c1-9(2)20-12-6-4-3-5-11(12)15-8-10(7-14)13-16-18-19-17-13/h3-6,8-9,15H,1-2H3,(H,16,17,18,19). The molecule has 0 bridgehead atoms. The zero-order valence-corrected chi connectivity index (χ0v) is 12.0. The van der Waals surface area contributed by atoms with Crippen molar-refractivity contribution < 1.29 is 0 Å². The van der Waals surface area contributed by atoms with E-state index in [-0.39, 0.29) is 5.82 Å². The average Bonchev–Trinajstić information content (AvgIpc) is 2.95. The van der Waals surface area contributed by atoms with Gasteiger partial charge in [-0.2, -0.15) is 10.5 Å². The lowest BCUT2D eigenvalue weighted by Crippen LogP contribution is -1.96. The van der Waals surface area contributed by atoms with Crippen LogP contribution in [0.3, 0.4) is 0 Å². The van der Waals surface area contributed by atoms with Gasteiger partial charge >= 0.3 is 0 Å². The normalized spacial score (nSPS) is 11.4. The maximum absolute atomic E-state index is 9.11. The molecule has 6 nitrogen and oxygen atoms in total. The molecule has 1 heterocycles. The molecule has 0 aliphatic carbocycles. The van der Waals surface area contributed by atoms with Gasteiger partial charge in [-0.25, -0.2) is 0 Å². The summed E-state index contributed by atoms with van der Waals surface area (Å²) in [6.07, 6.45) is 1.59. The highest BCUT2D eigenvalue weighted by Gasteiger charge is 2.07. The number of hydrogen-bond donors (Lipinski definition) is 2. The Labute approximate surface area is 121 Å². The van der Waals surface area contributed by atoms with Crippen LogP contribution in [0.2, 0.25) is 0 Å². The van der Waals surface area contributed by atoms with Gasteiger partial charge in [0.1, 0.15) is 11.6 Å². The maximum atomic E-state index is 9.11. The summed E-state index contributed by atoms with van der Waals surface area (Å²) in [6, 6.07) is 9.98. The summed E-state index contributed by atoms with van der Waals surface area (Å²) in [5, 5.41) is 26.1. The Bertz CT molecular complexity index is 627. The lowest BCUT2D eigenvalue weighted by Gasteiger charge is -2.10. The van der Waals surface area contributed by atoms with Crippen LogP contribution in [-0.2, 0) is 0 Å². The van der Waals surface area contributed by atoms with E-state index in [4.69, 9.17) is 5.26 Å². The van der Waals surface area contributed by atoms with Crippen molar-refractivity contribution in [3.8, 4) is 6.07 Å². The molecule has 2 rings (SSSR count). The topological polar surface area (TPSA) is 90.3 Å². The van der Waals surface area contributed by atoms with Crippen molar-refractivity contribution in [3.05, 3.63) is 36.3 Å². The van der Waals surface area contributed by atoms with Crippen LogP contribution in [0.25, 0.3) is 5.57 Å². The molecule has 0 aliphatic heterocycles. The number of para-hydroxylation sites is 1. The third kappa shape index (κ3) is 3.59. The van der Waals surface area contributed by atoms with E-state index in [2.05, 4.69) is 39.8 Å². The summed E-state index contributed by atoms with van der Waals surface area (Å²) in [6.45, 7) is 4.27. The summed E-state index contributed by atoms with van der Waals surface area (Å²) in [5.74, 6) is 0.272. The summed E-state index contributed by atoms with van der Waals surface area (Å²) in [5.41, 5.74) is 1.27. The van der Waals surface area contributed by atoms with Gasteiger partial charge in [-0.3, -0.25) is 0 Å². The molecule has 0 aliphatic rings. The number of aromatic nitrogens is 4. The first-order valence-electron chi connectivity index (χ1n) is 6.07. The fourth-order valence-corrected chi connectivity index (χ4v) is 2.43. The number of nitriles is 1. The zero-order chi connectivity index (χ0) is 14.4. The number of H-pyrrole nitrogens is 1. The highest BCUT2D eigenvalue weighted by atomic mass is 32.2. The van der Waals surface area contributed by atoms with Gasteiger partial charge in [0.2, 0.25) is 5.82 Å². The second kappa shape index (κ2) is 6.73. The number of hydrogen-bond acceptors (Lipinski definition) is 6. The molecule has 1 aromatic carbocycles. The van der Waals surface area contributed by atoms with E-state index in [9.17, 15) is 0 Å². The quantitative estimate of drug-likeness (QED) is 0.648. The van der Waals surface area contributed by atoms with Gasteiger partial charge in [0.15, 0.2) is 0 Å². The highest BCUT2D eigenvalue weighted by Crippen LogP contribution is 2.30. The smallest absolute Gasteiger partial charge is 0.216 e. The van der Waals surface area contributed by atoms with E-state index in [0.29, 0.717) is 10.8 Å². The third-order valence-electron chi connectivity index (χ3n) is 2.33. The minimum atomic E-state index is 0.272. The van der Waals surface area contributed by atoms with Gasteiger partial charge in [0.05, 0.1) is 5.69 Å². The number of aromatic amines is 1. The number of thioether (sulfide) groups is 1. The first kappa shape index (κ1) is 14.1. The molecule has 0 saturated heterocycles. The molecular formula is C13H14N6S. The molecule has 2 aromatic rings. The predicted molar refractivity (Wildman–Crippen MR) is 78.8 cm³/mol. The molecule has 0 saturated carbocycles. The summed E-state index contributed by atoms with van der Waals surface area (Å²) >= 11 is 1.76. The van der Waals surface area contributed by atoms with E-state index in [1.54, 1.807) is 18.0 Å². The van der Waals surface area contributed by atoms with E-state index in [1.807, 2.05) is 30.3 Å². The van der Waals surface area contributed by atoms with Crippen molar-refractivity contribution in [1.82, 2.24) is 20.6 Å². The van der Waals surface area contributed by atoms with Crippen molar-refractivity contribution in [3.63, 3.8) is 0 Å². The fraction of sp³-hybridized carbons (Fsp3) is 0.231. The Balaban J connectivity index is 2.20. The van der Waals surface area contributed by atoms with Crippen LogP contribution in [0.15, 0.2) is 35.4 Å². The van der Waals surface area contributed by atoms with Gasteiger partial charge in [0.25, 0.3) is 0 Å². The molecule has 0 spiro atoms. The minimum absolute atomic E-state index is 0.272. The molecule has 0 radical (unpaired) electrons. The van der Waals surface area contributed by atoms with Crippen LogP contribution in [0, 0.1) is 11.3 Å². The molecule has 7 heteroatoms. The maximum Gasteiger partial charge on any atom is 0.216 e. The molecule has 0 amide bonds. The number of nitrogens with zero attached hydrogens (tertiary/aromatic N) is 4. The second-order valence-electron chi connectivity index (χ2n) is 4.21. The first-order valence-corrected chi connectivity index (χ1v) is 6.95. The van der Waals surface area contributed by atoms with E-state index >= 15 is 0 Å². The Morgan fingerprint density at radius 3 is 2.90 bits per heavy atom. The Kier molecular flexibility index (Phi) is 4.74. The van der Waals surface area contributed by atoms with Gasteiger partial charge in [-0.05, 0) is 17.3 Å². The largest absolute Gasteiger partial charge is 0.359 e. The van der Waals surface area contributed by atoms with Crippen molar-refractivity contribution >= 4 is 23.0 Å². The van der Waals surface area contributed by atoms with Crippen LogP contribution in [0.4, 0.5) is 5.69 Å². The van der Waals surface area contributed by atoms with Crippen molar-refractivity contribution in [2.24, 2.45) is 0 Å². The predicted octanol–water partition coefficient (Wildman–Crippen LogP) is 2.68. The van der Waals surface area contributed by atoms with Gasteiger partial charge in [0, 0.05) is 16.3 Å². The van der Waals surface area contributed by atoms with E-state index < -0.39 is 0 Å². The van der Waals surface area contributed by atoms with Crippen LogP contribution in [-0.4, -0.2) is 25.9 Å². The molecule has 0 fully saturated rings. The highest BCUT2D eigenvalue weighted by molar-refractivity contribution is 8.00. The Morgan fingerprint density at radius 2 is 2.25 bits per heavy atom. The number of allylic oxidation sites excluding steroid dienone is 1. The molecule has 0 atom stereocenters. The van der Waals surface area contributed by atoms with Gasteiger partial charge in [-0.1, -0.05) is 26.0 Å². The third-order valence-corrected chi connectivity index (χ3v) is 3.41. The molecule has 0 unspecified atom stereocenters. The van der Waals surface area contributed by atoms with Crippen molar-refractivity contribution in [2.45, 2.75) is 24.0 Å².